The molecule has 1 rings (SSSR count). The SMILES string of the molecule is N#C[Se]c1ccc(F)cc1. The van der Waals surface area contributed by atoms with Gasteiger partial charge in [-0.3, -0.25) is 0 Å². The van der Waals surface area contributed by atoms with E-state index >= 15 is 0 Å². The third-order valence-corrected chi connectivity index (χ3v) is 2.23. The molecule has 0 spiro atoms. The van der Waals surface area contributed by atoms with Crippen LogP contribution in [0.5, 0.6) is 0 Å². The van der Waals surface area contributed by atoms with Crippen LogP contribution >= 0.6 is 0 Å². The zero-order valence-electron chi connectivity index (χ0n) is 5.04. The summed E-state index contributed by atoms with van der Waals surface area (Å²) in [4.78, 5) is 2.04. The van der Waals surface area contributed by atoms with E-state index in [0.717, 1.165) is 4.46 Å². The Hall–Kier alpha value is -0.841. The molecule has 0 saturated carbocycles. The second kappa shape index (κ2) is 3.36. The van der Waals surface area contributed by atoms with Crippen LogP contribution in [0.2, 0.25) is 0 Å². The fourth-order valence-electron chi connectivity index (χ4n) is 0.555. The quantitative estimate of drug-likeness (QED) is 0.610. The van der Waals surface area contributed by atoms with Crippen LogP contribution in [-0.2, 0) is 0 Å². The van der Waals surface area contributed by atoms with Crippen molar-refractivity contribution in [1.29, 1.82) is 5.26 Å². The predicted molar refractivity (Wildman–Crippen MR) is 37.4 cm³/mol. The monoisotopic (exact) mass is 201 g/mol. The second-order valence-corrected chi connectivity index (χ2v) is 3.45. The van der Waals surface area contributed by atoms with Gasteiger partial charge in [0.25, 0.3) is 0 Å². The zero-order chi connectivity index (χ0) is 7.40. The van der Waals surface area contributed by atoms with Crippen molar-refractivity contribution in [2.45, 2.75) is 0 Å². The van der Waals surface area contributed by atoms with Crippen molar-refractivity contribution in [1.82, 2.24) is 0 Å². The van der Waals surface area contributed by atoms with Gasteiger partial charge in [-0.1, -0.05) is 0 Å². The number of rotatable bonds is 1. The normalized spacial score (nSPS) is 8.80. The molecule has 50 valence electrons. The molecule has 0 amide bonds. The van der Waals surface area contributed by atoms with Crippen LogP contribution < -0.4 is 4.46 Å². The van der Waals surface area contributed by atoms with E-state index in [9.17, 15) is 4.39 Å². The second-order valence-electron chi connectivity index (χ2n) is 1.65. The van der Waals surface area contributed by atoms with Gasteiger partial charge in [-0.2, -0.15) is 0 Å². The van der Waals surface area contributed by atoms with Gasteiger partial charge < -0.3 is 0 Å². The zero-order valence-corrected chi connectivity index (χ0v) is 6.76. The van der Waals surface area contributed by atoms with E-state index in [4.69, 9.17) is 5.26 Å². The summed E-state index contributed by atoms with van der Waals surface area (Å²) < 4.78 is 13.2. The fraction of sp³-hybridized carbons (Fsp3) is 0. The van der Waals surface area contributed by atoms with Crippen LogP contribution in [0, 0.1) is 16.0 Å². The molecular formula is C7H4FNSe. The molecule has 1 aromatic carbocycles. The van der Waals surface area contributed by atoms with Crippen molar-refractivity contribution in [3.8, 4) is 4.97 Å². The van der Waals surface area contributed by atoms with E-state index in [1.807, 2.05) is 4.97 Å². The van der Waals surface area contributed by atoms with E-state index in [1.165, 1.54) is 12.1 Å². The third kappa shape index (κ3) is 1.84. The van der Waals surface area contributed by atoms with E-state index in [2.05, 4.69) is 0 Å². The summed E-state index contributed by atoms with van der Waals surface area (Å²) in [5.74, 6) is -0.252. The minimum absolute atomic E-state index is 0.159. The van der Waals surface area contributed by atoms with E-state index in [1.54, 1.807) is 12.1 Å². The molecule has 0 aliphatic heterocycles. The standard InChI is InChI=1S/C7H4FNSe/c8-6-1-3-7(4-2-6)10-5-9/h1-4H. The molecule has 0 N–H and O–H groups in total. The summed E-state index contributed by atoms with van der Waals surface area (Å²) in [6.45, 7) is 0. The van der Waals surface area contributed by atoms with Crippen LogP contribution in [0.1, 0.15) is 0 Å². The topological polar surface area (TPSA) is 23.8 Å². The molecule has 0 aliphatic rings. The van der Waals surface area contributed by atoms with Crippen LogP contribution in [0.15, 0.2) is 24.3 Å². The van der Waals surface area contributed by atoms with E-state index < -0.39 is 0 Å². The number of halogens is 1. The van der Waals surface area contributed by atoms with Crippen molar-refractivity contribution in [3.05, 3.63) is 30.1 Å². The average molecular weight is 200 g/mol. The van der Waals surface area contributed by atoms with Gasteiger partial charge in [0.2, 0.25) is 0 Å². The number of nitriles is 1. The Morgan fingerprint density at radius 3 is 2.40 bits per heavy atom. The van der Waals surface area contributed by atoms with Gasteiger partial charge in [0.05, 0.1) is 0 Å². The van der Waals surface area contributed by atoms with Gasteiger partial charge >= 0.3 is 64.1 Å². The molecular weight excluding hydrogens is 196 g/mol. The molecule has 0 fully saturated rings. The Kier molecular flexibility index (Phi) is 2.44. The Bertz CT molecular complexity index is 249. The molecule has 3 heteroatoms. The van der Waals surface area contributed by atoms with Crippen LogP contribution in [-0.4, -0.2) is 15.0 Å². The molecule has 10 heavy (non-hydrogen) atoms. The van der Waals surface area contributed by atoms with E-state index in [-0.39, 0.29) is 20.8 Å². The van der Waals surface area contributed by atoms with Gasteiger partial charge in [-0.25, -0.2) is 0 Å². The Balaban J connectivity index is 2.81. The van der Waals surface area contributed by atoms with Crippen LogP contribution in [0.4, 0.5) is 4.39 Å². The number of benzene rings is 1. The fourth-order valence-corrected chi connectivity index (χ4v) is 1.35. The molecule has 0 atom stereocenters. The number of nitrogens with zero attached hydrogens (tertiary/aromatic N) is 1. The van der Waals surface area contributed by atoms with Gasteiger partial charge in [-0.15, -0.1) is 0 Å². The molecule has 0 unspecified atom stereocenters. The van der Waals surface area contributed by atoms with Crippen LogP contribution in [0.25, 0.3) is 0 Å². The number of hydrogen-bond acceptors (Lipinski definition) is 1. The summed E-state index contributed by atoms with van der Waals surface area (Å²) in [6.07, 6.45) is 0. The molecule has 1 aromatic rings. The summed E-state index contributed by atoms with van der Waals surface area (Å²) in [5.41, 5.74) is 0. The molecule has 1 nitrogen and oxygen atoms in total. The van der Waals surface area contributed by atoms with Crippen LogP contribution in [0.3, 0.4) is 0 Å². The van der Waals surface area contributed by atoms with Gasteiger partial charge in [-0.05, 0) is 0 Å². The first-order chi connectivity index (χ1) is 4.83. The van der Waals surface area contributed by atoms with Crippen molar-refractivity contribution in [2.24, 2.45) is 0 Å². The van der Waals surface area contributed by atoms with Crippen molar-refractivity contribution in [3.63, 3.8) is 0 Å². The molecule has 0 bridgehead atoms. The first kappa shape index (κ1) is 7.27. The number of hydrogen-bond donors (Lipinski definition) is 0. The van der Waals surface area contributed by atoms with Crippen molar-refractivity contribution in [2.75, 3.05) is 0 Å². The summed E-state index contributed by atoms with van der Waals surface area (Å²) in [7, 11) is 0. The molecule has 0 radical (unpaired) electrons. The summed E-state index contributed by atoms with van der Waals surface area (Å²) in [5, 5.41) is 8.27. The molecule has 0 saturated heterocycles. The van der Waals surface area contributed by atoms with Gasteiger partial charge in [0, 0.05) is 0 Å². The Labute approximate surface area is 64.6 Å². The van der Waals surface area contributed by atoms with E-state index in [0.29, 0.717) is 0 Å². The van der Waals surface area contributed by atoms with Gasteiger partial charge in [0.1, 0.15) is 0 Å². The predicted octanol–water partition coefficient (Wildman–Crippen LogP) is 0.636. The van der Waals surface area contributed by atoms with Crippen molar-refractivity contribution < 1.29 is 4.39 Å². The maximum atomic E-state index is 12.3. The molecule has 0 aliphatic carbocycles. The first-order valence-corrected chi connectivity index (χ1v) is 4.36. The summed E-state index contributed by atoms with van der Waals surface area (Å²) in [6, 6.07) is 6.01. The van der Waals surface area contributed by atoms with Gasteiger partial charge in [0.15, 0.2) is 0 Å². The molecule has 0 aromatic heterocycles. The molecule has 0 heterocycles. The average Bonchev–Trinajstić information content (AvgIpc) is 1.95. The Morgan fingerprint density at radius 1 is 1.30 bits per heavy atom. The first-order valence-electron chi connectivity index (χ1n) is 2.64. The summed E-state index contributed by atoms with van der Waals surface area (Å²) >= 11 is -0.159. The maximum absolute atomic E-state index is 12.3. The third-order valence-electron chi connectivity index (χ3n) is 0.977. The minimum atomic E-state index is -0.252. The van der Waals surface area contributed by atoms with Crippen molar-refractivity contribution >= 4 is 19.4 Å². The Morgan fingerprint density at radius 2 is 1.90 bits per heavy atom.